The van der Waals surface area contributed by atoms with Gasteiger partial charge in [-0.3, -0.25) is 0 Å². The van der Waals surface area contributed by atoms with Crippen LogP contribution in [0.5, 0.6) is 11.5 Å². The van der Waals surface area contributed by atoms with Gasteiger partial charge < -0.3 is 20.5 Å². The molecule has 0 aliphatic rings. The first-order valence-electron chi connectivity index (χ1n) is 7.56. The Kier molecular flexibility index (Phi) is 6.11. The summed E-state index contributed by atoms with van der Waals surface area (Å²) in [6.45, 7) is 2.75. The zero-order chi connectivity index (χ0) is 17.5. The van der Waals surface area contributed by atoms with Gasteiger partial charge in [-0.2, -0.15) is 4.98 Å². The number of nitrogens with one attached hydrogen (secondary N) is 1. The van der Waals surface area contributed by atoms with Gasteiger partial charge in [0.2, 0.25) is 5.95 Å². The normalized spacial score (nSPS) is 10.5. The molecule has 130 valence electrons. The number of hydrogen-bond donors (Lipinski definition) is 2. The lowest BCUT2D eigenvalue weighted by Crippen LogP contribution is -2.09. The first-order valence-corrected chi connectivity index (χ1v) is 7.56. The minimum absolute atomic E-state index is 0.0316. The number of unbranched alkanes of at least 4 members (excludes halogenated alkanes) is 1. The largest absolute Gasteiger partial charge is 0.496 e. The molecule has 0 radical (unpaired) electrons. The molecule has 6 nitrogen and oxygen atoms in total. The van der Waals surface area contributed by atoms with Crippen molar-refractivity contribution in [2.75, 3.05) is 24.7 Å². The molecule has 1 aromatic heterocycles. The number of halogens is 2. The predicted molar refractivity (Wildman–Crippen MR) is 87.1 cm³/mol. The highest BCUT2D eigenvalue weighted by Gasteiger charge is 2.13. The number of anilines is 2. The van der Waals surface area contributed by atoms with Crippen LogP contribution in [0.3, 0.4) is 0 Å². The Morgan fingerprint density at radius 2 is 1.96 bits per heavy atom. The molecule has 0 spiro atoms. The molecule has 1 heterocycles. The number of nitrogens with two attached hydrogens (primary N) is 1. The van der Waals surface area contributed by atoms with Gasteiger partial charge in [0.1, 0.15) is 12.4 Å². The Balaban J connectivity index is 2.15. The van der Waals surface area contributed by atoms with Crippen molar-refractivity contribution in [3.8, 4) is 11.5 Å². The van der Waals surface area contributed by atoms with E-state index in [1.165, 1.54) is 13.3 Å². The average molecular weight is 338 g/mol. The maximum atomic E-state index is 13.4. The van der Waals surface area contributed by atoms with Crippen molar-refractivity contribution in [3.05, 3.63) is 35.5 Å². The molecule has 2 aromatic rings. The minimum atomic E-state index is -0.978. The molecule has 0 bridgehead atoms. The molecule has 0 saturated carbocycles. The minimum Gasteiger partial charge on any atom is -0.496 e. The number of benzene rings is 1. The SMILES string of the molecule is CCCCNc1nc(N)ncc1OCc1cc(F)c(F)cc1OC. The van der Waals surface area contributed by atoms with Crippen LogP contribution in [0.25, 0.3) is 0 Å². The van der Waals surface area contributed by atoms with Gasteiger partial charge in [-0.25, -0.2) is 13.8 Å². The van der Waals surface area contributed by atoms with Crippen LogP contribution in [0.2, 0.25) is 0 Å². The van der Waals surface area contributed by atoms with Crippen LogP contribution in [-0.4, -0.2) is 23.6 Å². The van der Waals surface area contributed by atoms with Crippen molar-refractivity contribution in [1.29, 1.82) is 0 Å². The van der Waals surface area contributed by atoms with Gasteiger partial charge in [0.25, 0.3) is 0 Å². The third kappa shape index (κ3) is 4.43. The van der Waals surface area contributed by atoms with E-state index >= 15 is 0 Å². The van der Waals surface area contributed by atoms with Crippen molar-refractivity contribution in [3.63, 3.8) is 0 Å². The third-order valence-electron chi connectivity index (χ3n) is 3.30. The molecule has 0 aliphatic heterocycles. The van der Waals surface area contributed by atoms with Crippen LogP contribution in [0.4, 0.5) is 20.5 Å². The summed E-state index contributed by atoms with van der Waals surface area (Å²) in [7, 11) is 1.38. The fraction of sp³-hybridized carbons (Fsp3) is 0.375. The molecule has 0 unspecified atom stereocenters. The van der Waals surface area contributed by atoms with E-state index in [9.17, 15) is 8.78 Å². The summed E-state index contributed by atoms with van der Waals surface area (Å²) in [5.41, 5.74) is 5.96. The van der Waals surface area contributed by atoms with Crippen molar-refractivity contribution in [2.24, 2.45) is 0 Å². The van der Waals surface area contributed by atoms with Crippen LogP contribution in [0, 0.1) is 11.6 Å². The fourth-order valence-corrected chi connectivity index (χ4v) is 2.03. The Morgan fingerprint density at radius 3 is 2.67 bits per heavy atom. The summed E-state index contributed by atoms with van der Waals surface area (Å²) in [6, 6.07) is 2.02. The Labute approximate surface area is 139 Å². The van der Waals surface area contributed by atoms with Gasteiger partial charge in [0, 0.05) is 18.2 Å². The summed E-state index contributed by atoms with van der Waals surface area (Å²) in [6.07, 6.45) is 3.42. The zero-order valence-corrected chi connectivity index (χ0v) is 13.6. The maximum absolute atomic E-state index is 13.4. The summed E-state index contributed by atoms with van der Waals surface area (Å²) in [5.74, 6) is -0.806. The molecular weight excluding hydrogens is 318 g/mol. The molecule has 0 fully saturated rings. The van der Waals surface area contributed by atoms with Crippen LogP contribution in [-0.2, 0) is 6.61 Å². The molecule has 3 N–H and O–H groups in total. The van der Waals surface area contributed by atoms with E-state index in [-0.39, 0.29) is 18.3 Å². The first-order chi connectivity index (χ1) is 11.5. The first kappa shape index (κ1) is 17.7. The number of nitrogens with zero attached hydrogens (tertiary/aromatic N) is 2. The fourth-order valence-electron chi connectivity index (χ4n) is 2.03. The zero-order valence-electron chi connectivity index (χ0n) is 13.6. The van der Waals surface area contributed by atoms with Gasteiger partial charge in [-0.1, -0.05) is 13.3 Å². The van der Waals surface area contributed by atoms with Crippen LogP contribution < -0.4 is 20.5 Å². The molecule has 24 heavy (non-hydrogen) atoms. The summed E-state index contributed by atoms with van der Waals surface area (Å²) < 4.78 is 37.3. The Hall–Kier alpha value is -2.64. The maximum Gasteiger partial charge on any atom is 0.222 e. The number of nitrogen functional groups attached to an aromatic ring is 1. The van der Waals surface area contributed by atoms with E-state index in [4.69, 9.17) is 15.2 Å². The van der Waals surface area contributed by atoms with Gasteiger partial charge in [-0.15, -0.1) is 0 Å². The number of rotatable bonds is 8. The van der Waals surface area contributed by atoms with Crippen molar-refractivity contribution in [2.45, 2.75) is 26.4 Å². The average Bonchev–Trinajstić information content (AvgIpc) is 2.57. The highest BCUT2D eigenvalue weighted by molar-refractivity contribution is 5.51. The number of aromatic nitrogens is 2. The predicted octanol–water partition coefficient (Wildman–Crippen LogP) is 3.14. The summed E-state index contributed by atoms with van der Waals surface area (Å²) in [4.78, 5) is 7.99. The van der Waals surface area contributed by atoms with E-state index < -0.39 is 11.6 Å². The second-order valence-corrected chi connectivity index (χ2v) is 5.09. The van der Waals surface area contributed by atoms with Gasteiger partial charge in [-0.05, 0) is 12.5 Å². The molecule has 0 saturated heterocycles. The molecule has 8 heteroatoms. The molecule has 1 aromatic carbocycles. The van der Waals surface area contributed by atoms with Crippen molar-refractivity contribution < 1.29 is 18.3 Å². The lowest BCUT2D eigenvalue weighted by atomic mass is 10.2. The van der Waals surface area contributed by atoms with Gasteiger partial charge in [0.15, 0.2) is 23.2 Å². The summed E-state index contributed by atoms with van der Waals surface area (Å²) >= 11 is 0. The Bertz CT molecular complexity index is 698. The standard InChI is InChI=1S/C16H20F2N4O2/c1-3-4-5-20-15-14(8-21-16(19)22-15)24-9-10-6-11(17)12(18)7-13(10)23-2/h6-8H,3-5,9H2,1-2H3,(H3,19,20,21,22). The van der Waals surface area contributed by atoms with Crippen LogP contribution >= 0.6 is 0 Å². The van der Waals surface area contributed by atoms with E-state index in [1.54, 1.807) is 0 Å². The highest BCUT2D eigenvalue weighted by Crippen LogP contribution is 2.26. The lowest BCUT2D eigenvalue weighted by molar-refractivity contribution is 0.294. The lowest BCUT2D eigenvalue weighted by Gasteiger charge is -2.14. The number of methoxy groups -OCH3 is 1. The quantitative estimate of drug-likeness (QED) is 0.720. The molecule has 0 aliphatic carbocycles. The van der Waals surface area contributed by atoms with Gasteiger partial charge >= 0.3 is 0 Å². The van der Waals surface area contributed by atoms with Crippen LogP contribution in [0.15, 0.2) is 18.3 Å². The molecule has 2 rings (SSSR count). The topological polar surface area (TPSA) is 82.3 Å². The van der Waals surface area contributed by atoms with E-state index in [0.29, 0.717) is 23.7 Å². The third-order valence-corrected chi connectivity index (χ3v) is 3.30. The van der Waals surface area contributed by atoms with Crippen molar-refractivity contribution >= 4 is 11.8 Å². The smallest absolute Gasteiger partial charge is 0.222 e. The number of ether oxygens (including phenoxy) is 2. The van der Waals surface area contributed by atoms with Gasteiger partial charge in [0.05, 0.1) is 13.3 Å². The van der Waals surface area contributed by atoms with Crippen molar-refractivity contribution in [1.82, 2.24) is 9.97 Å². The molecule has 0 atom stereocenters. The summed E-state index contributed by atoms with van der Waals surface area (Å²) in [5, 5.41) is 3.12. The van der Waals surface area contributed by atoms with Crippen LogP contribution in [0.1, 0.15) is 25.3 Å². The van der Waals surface area contributed by atoms with E-state index in [1.807, 2.05) is 0 Å². The molecular formula is C16H20F2N4O2. The highest BCUT2D eigenvalue weighted by atomic mass is 19.2. The second kappa shape index (κ2) is 8.28. The Morgan fingerprint density at radius 1 is 1.21 bits per heavy atom. The second-order valence-electron chi connectivity index (χ2n) is 5.09. The van der Waals surface area contributed by atoms with E-state index in [0.717, 1.165) is 25.0 Å². The van der Waals surface area contributed by atoms with E-state index in [2.05, 4.69) is 22.2 Å². The molecule has 0 amide bonds. The number of hydrogen-bond acceptors (Lipinski definition) is 6. The monoisotopic (exact) mass is 338 g/mol.